The van der Waals surface area contributed by atoms with Crippen molar-refractivity contribution < 1.29 is 14.7 Å². The van der Waals surface area contributed by atoms with Crippen molar-refractivity contribution in [3.05, 3.63) is 10.6 Å². The van der Waals surface area contributed by atoms with Crippen LogP contribution in [-0.4, -0.2) is 44.8 Å². The number of β-lactam (4-membered cyclic amide) rings is 1. The molecule has 17 heavy (non-hydrogen) atoms. The van der Waals surface area contributed by atoms with E-state index in [4.69, 9.17) is 5.73 Å². The molecule has 94 valence electrons. The van der Waals surface area contributed by atoms with Crippen LogP contribution in [0.25, 0.3) is 0 Å². The van der Waals surface area contributed by atoms with E-state index in [1.165, 1.54) is 16.7 Å². The molecule has 0 aliphatic carbocycles. The second kappa shape index (κ2) is 4.91. The second-order valence-corrected chi connectivity index (χ2v) is 6.16. The van der Waals surface area contributed by atoms with Crippen LogP contribution in [0.5, 0.6) is 0 Å². The first-order chi connectivity index (χ1) is 8.07. The molecule has 0 aromatic rings. The van der Waals surface area contributed by atoms with E-state index in [0.717, 1.165) is 17.1 Å². The molecule has 2 aliphatic rings. The highest BCUT2D eigenvalue weighted by Crippen LogP contribution is 2.42. The van der Waals surface area contributed by atoms with Gasteiger partial charge < -0.3 is 10.8 Å². The number of nitrogens with two attached hydrogens (primary N) is 1. The van der Waals surface area contributed by atoms with Crippen molar-refractivity contribution in [2.75, 3.05) is 11.5 Å². The lowest BCUT2D eigenvalue weighted by Crippen LogP contribution is -2.68. The van der Waals surface area contributed by atoms with E-state index in [0.29, 0.717) is 5.75 Å². The number of fused-ring (bicyclic) bond motifs is 1. The lowest BCUT2D eigenvalue weighted by Gasteiger charge is -2.47. The molecule has 2 rings (SSSR count). The van der Waals surface area contributed by atoms with Crippen molar-refractivity contribution in [2.24, 2.45) is 5.73 Å². The molecule has 1 amide bonds. The highest BCUT2D eigenvalue weighted by Gasteiger charge is 2.51. The molecule has 1 fully saturated rings. The van der Waals surface area contributed by atoms with Crippen LogP contribution >= 0.6 is 23.5 Å². The zero-order valence-electron chi connectivity index (χ0n) is 9.38. The van der Waals surface area contributed by atoms with Crippen molar-refractivity contribution in [1.82, 2.24) is 4.90 Å². The molecule has 2 atom stereocenters. The van der Waals surface area contributed by atoms with Gasteiger partial charge in [0.2, 0.25) is 5.91 Å². The summed E-state index contributed by atoms with van der Waals surface area (Å²) in [7, 11) is 0. The van der Waals surface area contributed by atoms with E-state index in [2.05, 4.69) is 0 Å². The van der Waals surface area contributed by atoms with Gasteiger partial charge >= 0.3 is 5.97 Å². The Balaban J connectivity index is 2.26. The Morgan fingerprint density at radius 3 is 3.00 bits per heavy atom. The number of carbonyl (C=O) groups is 2. The number of thioether (sulfide) groups is 2. The maximum absolute atomic E-state index is 11.6. The molecule has 5 nitrogen and oxygen atoms in total. The number of rotatable bonds is 4. The summed E-state index contributed by atoms with van der Waals surface area (Å²) in [5.41, 5.74) is 5.79. The van der Waals surface area contributed by atoms with Gasteiger partial charge in [-0.15, -0.1) is 23.5 Å². The molecule has 1 saturated heterocycles. The summed E-state index contributed by atoms with van der Waals surface area (Å²) in [5.74, 6) is 0.184. The first-order valence-corrected chi connectivity index (χ1v) is 7.40. The molecule has 2 aliphatic heterocycles. The molecule has 0 aromatic carbocycles. The molecule has 7 heteroatoms. The third-order valence-corrected chi connectivity index (χ3v) is 5.44. The third-order valence-electron chi connectivity index (χ3n) is 2.66. The maximum Gasteiger partial charge on any atom is 0.353 e. The Morgan fingerprint density at radius 1 is 1.71 bits per heavy atom. The van der Waals surface area contributed by atoms with Crippen LogP contribution in [0, 0.1) is 0 Å². The SMILES string of the molecule is CCCSC1=C(C(=O)O)N2C(=O)C(N)[C@@H]2SC1. The minimum Gasteiger partial charge on any atom is -0.477 e. The van der Waals surface area contributed by atoms with Gasteiger partial charge in [-0.1, -0.05) is 6.92 Å². The van der Waals surface area contributed by atoms with Crippen molar-refractivity contribution in [3.63, 3.8) is 0 Å². The molecule has 0 aromatic heterocycles. The lowest BCUT2D eigenvalue weighted by molar-refractivity contribution is -0.147. The highest BCUT2D eigenvalue weighted by atomic mass is 32.2. The number of hydrogen-bond acceptors (Lipinski definition) is 5. The van der Waals surface area contributed by atoms with E-state index < -0.39 is 12.0 Å². The van der Waals surface area contributed by atoms with Gasteiger partial charge in [0.15, 0.2) is 0 Å². The maximum atomic E-state index is 11.6. The Morgan fingerprint density at radius 2 is 2.41 bits per heavy atom. The summed E-state index contributed by atoms with van der Waals surface area (Å²) in [6.45, 7) is 2.04. The second-order valence-electron chi connectivity index (χ2n) is 3.86. The largest absolute Gasteiger partial charge is 0.477 e. The van der Waals surface area contributed by atoms with Crippen molar-refractivity contribution in [2.45, 2.75) is 24.8 Å². The molecular formula is C10H14N2O3S2. The Labute approximate surface area is 108 Å². The van der Waals surface area contributed by atoms with Crippen molar-refractivity contribution in [1.29, 1.82) is 0 Å². The molecule has 2 heterocycles. The van der Waals surface area contributed by atoms with Crippen LogP contribution in [0.3, 0.4) is 0 Å². The summed E-state index contributed by atoms with van der Waals surface area (Å²) in [6.07, 6.45) is 0.975. The summed E-state index contributed by atoms with van der Waals surface area (Å²) in [4.78, 5) is 25.0. The monoisotopic (exact) mass is 274 g/mol. The predicted molar refractivity (Wildman–Crippen MR) is 68.5 cm³/mol. The van der Waals surface area contributed by atoms with Gasteiger partial charge in [0.1, 0.15) is 17.1 Å². The van der Waals surface area contributed by atoms with E-state index >= 15 is 0 Å². The zero-order valence-corrected chi connectivity index (χ0v) is 11.0. The molecule has 0 radical (unpaired) electrons. The van der Waals surface area contributed by atoms with Gasteiger partial charge in [-0.3, -0.25) is 9.69 Å². The Bertz CT molecular complexity index is 397. The molecule has 0 spiro atoms. The third kappa shape index (κ3) is 2.07. The van der Waals surface area contributed by atoms with Gasteiger partial charge in [0.25, 0.3) is 0 Å². The fourth-order valence-electron chi connectivity index (χ4n) is 1.82. The molecular weight excluding hydrogens is 260 g/mol. The standard InChI is InChI=1S/C10H14N2O3S2/c1-2-3-16-5-4-17-9-6(11)8(13)12(9)7(5)10(14)15/h6,9H,2-4,11H2,1H3,(H,14,15)/t6?,9-/m0/s1. The quantitative estimate of drug-likeness (QED) is 0.733. The normalized spacial score (nSPS) is 27.9. The minimum absolute atomic E-state index is 0.138. The summed E-state index contributed by atoms with van der Waals surface area (Å²) >= 11 is 3.06. The average Bonchev–Trinajstić information content (AvgIpc) is 2.33. The highest BCUT2D eigenvalue weighted by molar-refractivity contribution is 8.06. The van der Waals surface area contributed by atoms with Crippen molar-refractivity contribution >= 4 is 35.4 Å². The van der Waals surface area contributed by atoms with Gasteiger partial charge in [-0.2, -0.15) is 0 Å². The first kappa shape index (κ1) is 12.8. The first-order valence-electron chi connectivity index (χ1n) is 5.37. The topological polar surface area (TPSA) is 83.6 Å². The Kier molecular flexibility index (Phi) is 3.70. The molecule has 0 bridgehead atoms. The smallest absolute Gasteiger partial charge is 0.353 e. The van der Waals surface area contributed by atoms with Crippen LogP contribution in [0.4, 0.5) is 0 Å². The fourth-order valence-corrected chi connectivity index (χ4v) is 4.27. The van der Waals surface area contributed by atoms with E-state index in [9.17, 15) is 14.7 Å². The summed E-state index contributed by atoms with van der Waals surface area (Å²) in [5, 5.41) is 9.02. The predicted octanol–water partition coefficient (Wildman–Crippen LogP) is 0.668. The number of nitrogens with zero attached hydrogens (tertiary/aromatic N) is 1. The molecule has 0 saturated carbocycles. The zero-order chi connectivity index (χ0) is 12.6. The van der Waals surface area contributed by atoms with Gasteiger partial charge in [-0.05, 0) is 12.2 Å². The van der Waals surface area contributed by atoms with Gasteiger partial charge in [0.05, 0.1) is 0 Å². The number of aliphatic carboxylic acids is 1. The summed E-state index contributed by atoms with van der Waals surface area (Å²) in [6, 6.07) is -0.549. The van der Waals surface area contributed by atoms with E-state index in [-0.39, 0.29) is 17.0 Å². The van der Waals surface area contributed by atoms with E-state index in [1.54, 1.807) is 11.8 Å². The number of hydrogen-bond donors (Lipinski definition) is 2. The van der Waals surface area contributed by atoms with Crippen LogP contribution in [0.1, 0.15) is 13.3 Å². The van der Waals surface area contributed by atoms with Crippen LogP contribution in [0.15, 0.2) is 10.6 Å². The molecule has 1 unspecified atom stereocenters. The van der Waals surface area contributed by atoms with Gasteiger partial charge in [0, 0.05) is 10.7 Å². The fraction of sp³-hybridized carbons (Fsp3) is 0.600. The summed E-state index contributed by atoms with van der Waals surface area (Å²) < 4.78 is 0. The lowest BCUT2D eigenvalue weighted by atomic mass is 10.1. The Hall–Kier alpha value is -0.660. The number of carboxylic acids is 1. The number of amides is 1. The van der Waals surface area contributed by atoms with Crippen molar-refractivity contribution in [3.8, 4) is 0 Å². The van der Waals surface area contributed by atoms with E-state index in [1.807, 2.05) is 6.92 Å². The molecule has 3 N–H and O–H groups in total. The van der Waals surface area contributed by atoms with Crippen LogP contribution < -0.4 is 5.73 Å². The number of carboxylic acid groups (broad SMARTS) is 1. The van der Waals surface area contributed by atoms with Crippen LogP contribution in [0.2, 0.25) is 0 Å². The van der Waals surface area contributed by atoms with Gasteiger partial charge in [-0.25, -0.2) is 4.79 Å². The number of carbonyl (C=O) groups excluding carboxylic acids is 1. The minimum atomic E-state index is -1.03. The van der Waals surface area contributed by atoms with Crippen LogP contribution in [-0.2, 0) is 9.59 Å². The average molecular weight is 274 g/mol.